The third-order valence-electron chi connectivity index (χ3n) is 4.42. The van der Waals surface area contributed by atoms with Crippen molar-refractivity contribution in [3.63, 3.8) is 0 Å². The molecule has 0 aromatic rings. The molecular formula is C13H21NO4. The normalized spacial score (nSPS) is 30.3. The number of carbonyl (C=O) groups excluding carboxylic acids is 1. The van der Waals surface area contributed by atoms with Crippen molar-refractivity contribution < 1.29 is 19.8 Å². The maximum absolute atomic E-state index is 12.2. The van der Waals surface area contributed by atoms with Crippen LogP contribution in [0.25, 0.3) is 0 Å². The summed E-state index contributed by atoms with van der Waals surface area (Å²) in [5, 5.41) is 21.4. The lowest BCUT2D eigenvalue weighted by Crippen LogP contribution is -2.58. The van der Waals surface area contributed by atoms with Crippen LogP contribution in [-0.4, -0.2) is 34.2 Å². The molecule has 1 amide bonds. The first-order valence-corrected chi connectivity index (χ1v) is 6.74. The number of aliphatic hydroxyl groups is 1. The molecule has 2 fully saturated rings. The summed E-state index contributed by atoms with van der Waals surface area (Å²) in [6.07, 6.45) is 5.61. The van der Waals surface area contributed by atoms with Crippen molar-refractivity contribution in [2.45, 2.75) is 50.5 Å². The summed E-state index contributed by atoms with van der Waals surface area (Å²) in [6, 6.07) is 0. The summed E-state index contributed by atoms with van der Waals surface area (Å²) in [5.74, 6) is -2.05. The Kier molecular flexibility index (Phi) is 3.90. The molecule has 0 aliphatic heterocycles. The van der Waals surface area contributed by atoms with Gasteiger partial charge in [0.2, 0.25) is 5.91 Å². The van der Waals surface area contributed by atoms with E-state index in [4.69, 9.17) is 5.11 Å². The monoisotopic (exact) mass is 255 g/mol. The second kappa shape index (κ2) is 5.26. The fraction of sp³-hybridized carbons (Fsp3) is 0.846. The number of hydrogen-bond acceptors (Lipinski definition) is 3. The molecule has 0 radical (unpaired) electrons. The Morgan fingerprint density at radius 1 is 1.11 bits per heavy atom. The predicted molar refractivity (Wildman–Crippen MR) is 64.9 cm³/mol. The number of hydrogen-bond donors (Lipinski definition) is 3. The van der Waals surface area contributed by atoms with Crippen molar-refractivity contribution in [3.05, 3.63) is 0 Å². The van der Waals surface area contributed by atoms with Gasteiger partial charge in [-0.05, 0) is 32.1 Å². The van der Waals surface area contributed by atoms with E-state index in [1.807, 2.05) is 0 Å². The van der Waals surface area contributed by atoms with Crippen molar-refractivity contribution >= 4 is 11.9 Å². The molecule has 3 N–H and O–H groups in total. The first kappa shape index (κ1) is 13.3. The number of carboxylic acid groups (broad SMARTS) is 1. The molecule has 2 unspecified atom stereocenters. The van der Waals surface area contributed by atoms with Crippen molar-refractivity contribution in [3.8, 4) is 0 Å². The van der Waals surface area contributed by atoms with Gasteiger partial charge < -0.3 is 15.5 Å². The molecule has 0 aromatic carbocycles. The Bertz CT molecular complexity index is 332. The van der Waals surface area contributed by atoms with E-state index in [0.29, 0.717) is 12.8 Å². The molecule has 0 heterocycles. The van der Waals surface area contributed by atoms with Crippen LogP contribution in [0.1, 0.15) is 44.9 Å². The quantitative estimate of drug-likeness (QED) is 0.697. The molecule has 2 aliphatic rings. The van der Waals surface area contributed by atoms with Gasteiger partial charge in [0.15, 0.2) is 0 Å². The van der Waals surface area contributed by atoms with Crippen molar-refractivity contribution in [2.24, 2.45) is 11.8 Å². The highest BCUT2D eigenvalue weighted by Crippen LogP contribution is 2.34. The van der Waals surface area contributed by atoms with Crippen LogP contribution < -0.4 is 5.32 Å². The summed E-state index contributed by atoms with van der Waals surface area (Å²) in [5.41, 5.74) is -0.475. The van der Waals surface area contributed by atoms with Crippen LogP contribution in [0.2, 0.25) is 0 Å². The molecule has 0 spiro atoms. The van der Waals surface area contributed by atoms with Crippen LogP contribution >= 0.6 is 0 Å². The second-order valence-electron chi connectivity index (χ2n) is 5.62. The fourth-order valence-corrected chi connectivity index (χ4v) is 3.02. The lowest BCUT2D eigenvalue weighted by Gasteiger charge is -2.42. The molecular weight excluding hydrogens is 234 g/mol. The van der Waals surface area contributed by atoms with E-state index in [0.717, 1.165) is 32.1 Å². The van der Waals surface area contributed by atoms with Gasteiger partial charge in [-0.3, -0.25) is 9.59 Å². The number of nitrogens with one attached hydrogen (secondary N) is 1. The van der Waals surface area contributed by atoms with Crippen LogP contribution in [0.15, 0.2) is 0 Å². The number of amides is 1. The number of aliphatic carboxylic acids is 1. The maximum Gasteiger partial charge on any atom is 0.307 e. The minimum absolute atomic E-state index is 0.0524. The average molecular weight is 255 g/mol. The van der Waals surface area contributed by atoms with E-state index in [1.54, 1.807) is 0 Å². The summed E-state index contributed by atoms with van der Waals surface area (Å²) >= 11 is 0. The maximum atomic E-state index is 12.2. The van der Waals surface area contributed by atoms with Gasteiger partial charge in [-0.25, -0.2) is 0 Å². The molecule has 2 rings (SSSR count). The highest BCUT2D eigenvalue weighted by atomic mass is 16.4. The van der Waals surface area contributed by atoms with E-state index in [9.17, 15) is 14.7 Å². The predicted octanol–water partition coefficient (Wildman–Crippen LogP) is 0.909. The van der Waals surface area contributed by atoms with Gasteiger partial charge in [-0.2, -0.15) is 0 Å². The SMILES string of the molecule is O=C(O)C1CCCCC1C(=O)NC1(CO)CCC1. The Hall–Kier alpha value is -1.10. The third kappa shape index (κ3) is 2.51. The topological polar surface area (TPSA) is 86.6 Å². The van der Waals surface area contributed by atoms with Gasteiger partial charge in [0.05, 0.1) is 24.0 Å². The molecule has 2 atom stereocenters. The summed E-state index contributed by atoms with van der Waals surface area (Å²) < 4.78 is 0. The number of rotatable bonds is 4. The van der Waals surface area contributed by atoms with Crippen LogP contribution in [0.5, 0.6) is 0 Å². The molecule has 0 bridgehead atoms. The van der Waals surface area contributed by atoms with E-state index in [-0.39, 0.29) is 12.5 Å². The lowest BCUT2D eigenvalue weighted by atomic mass is 9.75. The first-order valence-electron chi connectivity index (χ1n) is 6.74. The van der Waals surface area contributed by atoms with Crippen molar-refractivity contribution in [2.75, 3.05) is 6.61 Å². The molecule has 2 aliphatic carbocycles. The Morgan fingerprint density at radius 2 is 1.72 bits per heavy atom. The van der Waals surface area contributed by atoms with Crippen molar-refractivity contribution in [1.82, 2.24) is 5.32 Å². The second-order valence-corrected chi connectivity index (χ2v) is 5.62. The van der Waals surface area contributed by atoms with E-state index in [1.165, 1.54) is 0 Å². The van der Waals surface area contributed by atoms with Crippen LogP contribution in [0.4, 0.5) is 0 Å². The first-order chi connectivity index (χ1) is 8.58. The Morgan fingerprint density at radius 3 is 2.17 bits per heavy atom. The van der Waals surface area contributed by atoms with Crippen LogP contribution in [0, 0.1) is 11.8 Å². The van der Waals surface area contributed by atoms with Gasteiger partial charge in [0.25, 0.3) is 0 Å². The molecule has 2 saturated carbocycles. The average Bonchev–Trinajstić information content (AvgIpc) is 2.33. The lowest BCUT2D eigenvalue weighted by molar-refractivity contribution is -0.149. The standard InChI is InChI=1S/C13H21NO4/c15-8-13(6-3-7-13)14-11(16)9-4-1-2-5-10(9)12(17)18/h9-10,15H,1-8H2,(H,14,16)(H,17,18). The molecule has 102 valence electrons. The van der Waals surface area contributed by atoms with Gasteiger partial charge in [0, 0.05) is 0 Å². The molecule has 5 nitrogen and oxygen atoms in total. The number of carboxylic acids is 1. The zero-order valence-electron chi connectivity index (χ0n) is 10.5. The van der Waals surface area contributed by atoms with E-state index >= 15 is 0 Å². The largest absolute Gasteiger partial charge is 0.481 e. The number of aliphatic hydroxyl groups excluding tert-OH is 1. The molecule has 5 heteroatoms. The minimum Gasteiger partial charge on any atom is -0.481 e. The highest BCUT2D eigenvalue weighted by Gasteiger charge is 2.42. The highest BCUT2D eigenvalue weighted by molar-refractivity contribution is 5.85. The molecule has 18 heavy (non-hydrogen) atoms. The summed E-state index contributed by atoms with van der Waals surface area (Å²) in [7, 11) is 0. The zero-order valence-corrected chi connectivity index (χ0v) is 10.5. The smallest absolute Gasteiger partial charge is 0.307 e. The van der Waals surface area contributed by atoms with Crippen molar-refractivity contribution in [1.29, 1.82) is 0 Å². The van der Waals surface area contributed by atoms with Gasteiger partial charge >= 0.3 is 5.97 Å². The van der Waals surface area contributed by atoms with E-state index in [2.05, 4.69) is 5.32 Å². The summed E-state index contributed by atoms with van der Waals surface area (Å²) in [4.78, 5) is 23.4. The third-order valence-corrected chi connectivity index (χ3v) is 4.42. The summed E-state index contributed by atoms with van der Waals surface area (Å²) in [6.45, 7) is -0.0524. The molecule has 0 saturated heterocycles. The Labute approximate surface area is 107 Å². The van der Waals surface area contributed by atoms with E-state index < -0.39 is 23.3 Å². The minimum atomic E-state index is -0.874. The fourth-order valence-electron chi connectivity index (χ4n) is 3.02. The van der Waals surface area contributed by atoms with Crippen LogP contribution in [-0.2, 0) is 9.59 Å². The molecule has 0 aromatic heterocycles. The number of carbonyl (C=O) groups is 2. The Balaban J connectivity index is 2.00. The zero-order chi connectivity index (χ0) is 13.2. The van der Waals surface area contributed by atoms with Gasteiger partial charge in [-0.1, -0.05) is 12.8 Å². The van der Waals surface area contributed by atoms with Crippen LogP contribution in [0.3, 0.4) is 0 Å². The van der Waals surface area contributed by atoms with Gasteiger partial charge in [0.1, 0.15) is 0 Å². The van der Waals surface area contributed by atoms with Gasteiger partial charge in [-0.15, -0.1) is 0 Å².